The molecule has 1 atom stereocenters. The number of anilines is 2. The lowest BCUT2D eigenvalue weighted by Gasteiger charge is -2.28. The van der Waals surface area contributed by atoms with Crippen LogP contribution in [0.1, 0.15) is 29.6 Å². The third-order valence-electron chi connectivity index (χ3n) is 5.42. The molecule has 2 aliphatic heterocycles. The van der Waals surface area contributed by atoms with E-state index < -0.39 is 11.9 Å². The molecular weight excluding hydrogens is 387 g/mol. The summed E-state index contributed by atoms with van der Waals surface area (Å²) in [5.74, 6) is -1.04. The molecule has 30 heavy (non-hydrogen) atoms. The maximum Gasteiger partial charge on any atom is 0.321 e. The normalized spacial score (nSPS) is 18.8. The first-order valence-electron chi connectivity index (χ1n) is 10.1. The van der Waals surface area contributed by atoms with Gasteiger partial charge in [0, 0.05) is 30.9 Å². The number of carbonyl (C=O) groups excluding carboxylic acids is 3. The summed E-state index contributed by atoms with van der Waals surface area (Å²) in [6.07, 6.45) is 2.01. The van der Waals surface area contributed by atoms with Crippen molar-refractivity contribution in [2.75, 3.05) is 29.9 Å². The summed E-state index contributed by atoms with van der Waals surface area (Å²) in [7, 11) is 0. The fourth-order valence-electron chi connectivity index (χ4n) is 3.91. The summed E-state index contributed by atoms with van der Waals surface area (Å²) < 4.78 is 14.3. The number of hydrogen-bond donors (Lipinski definition) is 2. The van der Waals surface area contributed by atoms with Crippen LogP contribution in [0.15, 0.2) is 48.5 Å². The Morgan fingerprint density at radius 3 is 2.63 bits per heavy atom. The molecule has 2 saturated heterocycles. The second kappa shape index (κ2) is 8.52. The molecule has 156 valence electrons. The van der Waals surface area contributed by atoms with Crippen molar-refractivity contribution in [3.63, 3.8) is 0 Å². The van der Waals surface area contributed by atoms with E-state index in [9.17, 15) is 18.8 Å². The maximum absolute atomic E-state index is 14.3. The minimum Gasteiger partial charge on any atom is -0.338 e. The number of hydrogen-bond acceptors (Lipinski definition) is 3. The molecule has 2 heterocycles. The van der Waals surface area contributed by atoms with E-state index in [0.717, 1.165) is 6.42 Å². The average molecular weight is 410 g/mol. The minimum atomic E-state index is -0.593. The first-order chi connectivity index (χ1) is 14.5. The van der Waals surface area contributed by atoms with Crippen LogP contribution in [0.25, 0.3) is 0 Å². The van der Waals surface area contributed by atoms with E-state index >= 15 is 0 Å². The number of nitrogens with one attached hydrogen (secondary N) is 2. The Morgan fingerprint density at radius 1 is 1.07 bits per heavy atom. The van der Waals surface area contributed by atoms with Gasteiger partial charge < -0.3 is 15.5 Å². The van der Waals surface area contributed by atoms with Crippen LogP contribution in [-0.4, -0.2) is 48.4 Å². The molecule has 0 aromatic heterocycles. The van der Waals surface area contributed by atoms with Crippen LogP contribution in [0.3, 0.4) is 0 Å². The topological polar surface area (TPSA) is 81.8 Å². The zero-order valence-corrected chi connectivity index (χ0v) is 16.4. The summed E-state index contributed by atoms with van der Waals surface area (Å²) in [6.45, 7) is 1.47. The van der Waals surface area contributed by atoms with Gasteiger partial charge in [0.05, 0.1) is 5.69 Å². The smallest absolute Gasteiger partial charge is 0.321 e. The predicted octanol–water partition coefficient (Wildman–Crippen LogP) is 2.99. The Kier molecular flexibility index (Phi) is 5.65. The Labute approximate surface area is 173 Å². The van der Waals surface area contributed by atoms with Crippen LogP contribution in [0.4, 0.5) is 20.6 Å². The van der Waals surface area contributed by atoms with Gasteiger partial charge in [-0.1, -0.05) is 18.2 Å². The molecule has 2 aromatic rings. The number of benzene rings is 2. The summed E-state index contributed by atoms with van der Waals surface area (Å²) in [6, 6.07) is 12.0. The lowest BCUT2D eigenvalue weighted by molar-refractivity contribution is -0.119. The Hall–Kier alpha value is -3.42. The van der Waals surface area contributed by atoms with Gasteiger partial charge in [-0.3, -0.25) is 14.5 Å². The third kappa shape index (κ3) is 3.98. The van der Waals surface area contributed by atoms with E-state index in [1.807, 2.05) is 6.07 Å². The maximum atomic E-state index is 14.3. The summed E-state index contributed by atoms with van der Waals surface area (Å²) >= 11 is 0. The Morgan fingerprint density at radius 2 is 1.87 bits per heavy atom. The monoisotopic (exact) mass is 410 g/mol. The zero-order valence-electron chi connectivity index (χ0n) is 16.4. The second-order valence-electron chi connectivity index (χ2n) is 7.42. The van der Waals surface area contributed by atoms with Crippen molar-refractivity contribution in [3.8, 4) is 0 Å². The van der Waals surface area contributed by atoms with Gasteiger partial charge in [0.15, 0.2) is 0 Å². The number of amides is 4. The number of halogens is 1. The van der Waals surface area contributed by atoms with E-state index in [1.165, 1.54) is 23.1 Å². The summed E-state index contributed by atoms with van der Waals surface area (Å²) in [5.41, 5.74) is 1.04. The first-order valence-corrected chi connectivity index (χ1v) is 10.1. The van der Waals surface area contributed by atoms with Crippen molar-refractivity contribution >= 4 is 29.2 Å². The SMILES string of the molecule is O=C(Nc1ccc(F)c(N2CCCNC2=O)c1)[C@@H]1CCCN1C(=O)c1ccccc1. The van der Waals surface area contributed by atoms with Crippen molar-refractivity contribution in [3.05, 3.63) is 59.9 Å². The fraction of sp³-hybridized carbons (Fsp3) is 0.318. The highest BCUT2D eigenvalue weighted by Crippen LogP contribution is 2.27. The zero-order chi connectivity index (χ0) is 21.1. The van der Waals surface area contributed by atoms with E-state index in [0.29, 0.717) is 43.7 Å². The lowest BCUT2D eigenvalue weighted by atomic mass is 10.1. The highest BCUT2D eigenvalue weighted by Gasteiger charge is 2.34. The van der Waals surface area contributed by atoms with Gasteiger partial charge in [-0.2, -0.15) is 0 Å². The van der Waals surface area contributed by atoms with Crippen LogP contribution in [0.2, 0.25) is 0 Å². The number of urea groups is 1. The summed E-state index contributed by atoms with van der Waals surface area (Å²) in [4.78, 5) is 40.7. The van der Waals surface area contributed by atoms with Crippen molar-refractivity contribution < 1.29 is 18.8 Å². The first kappa shape index (κ1) is 19.9. The molecule has 0 unspecified atom stereocenters. The largest absolute Gasteiger partial charge is 0.338 e. The lowest BCUT2D eigenvalue weighted by Crippen LogP contribution is -2.47. The van der Waals surface area contributed by atoms with Gasteiger partial charge >= 0.3 is 6.03 Å². The molecule has 8 heteroatoms. The molecule has 0 saturated carbocycles. The molecule has 2 fully saturated rings. The third-order valence-corrected chi connectivity index (χ3v) is 5.42. The van der Waals surface area contributed by atoms with Gasteiger partial charge in [-0.05, 0) is 49.6 Å². The van der Waals surface area contributed by atoms with Crippen molar-refractivity contribution in [1.29, 1.82) is 0 Å². The van der Waals surface area contributed by atoms with Gasteiger partial charge in [-0.15, -0.1) is 0 Å². The average Bonchev–Trinajstić information content (AvgIpc) is 3.26. The molecule has 0 spiro atoms. The van der Waals surface area contributed by atoms with Gasteiger partial charge in [0.25, 0.3) is 5.91 Å². The highest BCUT2D eigenvalue weighted by molar-refractivity contribution is 6.02. The van der Waals surface area contributed by atoms with Crippen molar-refractivity contribution in [2.45, 2.75) is 25.3 Å². The summed E-state index contributed by atoms with van der Waals surface area (Å²) in [5, 5.41) is 5.47. The van der Waals surface area contributed by atoms with Crippen LogP contribution < -0.4 is 15.5 Å². The van der Waals surface area contributed by atoms with Crippen molar-refractivity contribution in [2.24, 2.45) is 0 Å². The molecule has 2 N–H and O–H groups in total. The highest BCUT2D eigenvalue weighted by atomic mass is 19.1. The van der Waals surface area contributed by atoms with E-state index in [-0.39, 0.29) is 23.5 Å². The van der Waals surface area contributed by atoms with Crippen LogP contribution in [0.5, 0.6) is 0 Å². The molecule has 0 aliphatic carbocycles. The van der Waals surface area contributed by atoms with Gasteiger partial charge in [0.2, 0.25) is 5.91 Å². The molecule has 0 radical (unpaired) electrons. The fourth-order valence-corrected chi connectivity index (χ4v) is 3.91. The van der Waals surface area contributed by atoms with Crippen LogP contribution in [0, 0.1) is 5.82 Å². The molecule has 4 rings (SSSR count). The molecule has 0 bridgehead atoms. The van der Waals surface area contributed by atoms with E-state index in [4.69, 9.17) is 0 Å². The minimum absolute atomic E-state index is 0.119. The van der Waals surface area contributed by atoms with Crippen LogP contribution >= 0.6 is 0 Å². The van der Waals surface area contributed by atoms with Gasteiger partial charge in [-0.25, -0.2) is 9.18 Å². The van der Waals surface area contributed by atoms with Gasteiger partial charge in [0.1, 0.15) is 11.9 Å². The molecule has 2 aliphatic rings. The predicted molar refractivity (Wildman–Crippen MR) is 111 cm³/mol. The van der Waals surface area contributed by atoms with Crippen molar-refractivity contribution in [1.82, 2.24) is 10.2 Å². The number of nitrogens with zero attached hydrogens (tertiary/aromatic N) is 2. The Bertz CT molecular complexity index is 966. The Balaban J connectivity index is 1.50. The molecule has 2 aromatic carbocycles. The van der Waals surface area contributed by atoms with Crippen LogP contribution in [-0.2, 0) is 4.79 Å². The standard InChI is InChI=1S/C22H23FN4O3/c23-17-10-9-16(14-19(17)27-13-5-11-24-22(27)30)25-20(28)18-8-4-12-26(18)21(29)15-6-2-1-3-7-15/h1-3,6-7,9-10,14,18H,4-5,8,11-13H2,(H,24,30)(H,25,28)/t18-/m0/s1. The second-order valence-corrected chi connectivity index (χ2v) is 7.42. The van der Waals surface area contributed by atoms with E-state index in [2.05, 4.69) is 10.6 Å². The molecular formula is C22H23FN4O3. The quantitative estimate of drug-likeness (QED) is 0.813. The number of likely N-dealkylation sites (tertiary alicyclic amines) is 1. The van der Waals surface area contributed by atoms with E-state index in [1.54, 1.807) is 29.2 Å². The number of rotatable bonds is 4. The number of carbonyl (C=O) groups is 3. The molecule has 4 amide bonds. The molecule has 7 nitrogen and oxygen atoms in total.